The molecule has 0 atom stereocenters. The molecular weight excluding hydrogens is 328 g/mol. The van der Waals surface area contributed by atoms with Gasteiger partial charge in [-0.15, -0.1) is 0 Å². The molecule has 2 aromatic carbocycles. The summed E-state index contributed by atoms with van der Waals surface area (Å²) in [5, 5.41) is 4.12. The van der Waals surface area contributed by atoms with Crippen molar-refractivity contribution in [3.63, 3.8) is 0 Å². The van der Waals surface area contributed by atoms with Crippen molar-refractivity contribution in [1.82, 2.24) is 4.98 Å². The molecule has 0 radical (unpaired) electrons. The van der Waals surface area contributed by atoms with E-state index < -0.39 is 0 Å². The predicted octanol–water partition coefficient (Wildman–Crippen LogP) is 3.91. The lowest BCUT2D eigenvalue weighted by molar-refractivity contribution is 0.102. The maximum absolute atomic E-state index is 12.5. The Morgan fingerprint density at radius 1 is 1.08 bits per heavy atom. The maximum Gasteiger partial charge on any atom is 0.257 e. The van der Waals surface area contributed by atoms with Gasteiger partial charge in [-0.05, 0) is 30.3 Å². The third-order valence-corrected chi connectivity index (χ3v) is 4.05. The Balaban J connectivity index is 1.63. The minimum atomic E-state index is -0.305. The smallest absolute Gasteiger partial charge is 0.257 e. The predicted molar refractivity (Wildman–Crippen MR) is 92.1 cm³/mol. The average Bonchev–Trinajstić information content (AvgIpc) is 2.61. The van der Waals surface area contributed by atoms with Gasteiger partial charge in [0, 0.05) is 23.3 Å². The fourth-order valence-corrected chi connectivity index (χ4v) is 2.83. The van der Waals surface area contributed by atoms with E-state index in [1.54, 1.807) is 24.4 Å². The Bertz CT molecular complexity index is 943. The van der Waals surface area contributed by atoms with Crippen LogP contribution in [-0.4, -0.2) is 24.1 Å². The molecule has 0 aliphatic carbocycles. The molecule has 0 saturated heterocycles. The molecule has 2 heterocycles. The minimum Gasteiger partial charge on any atom is -0.486 e. The van der Waals surface area contributed by atoms with Gasteiger partial charge < -0.3 is 14.8 Å². The molecule has 3 aromatic rings. The number of carbonyl (C=O) groups excluding carboxylic acids is 1. The van der Waals surface area contributed by atoms with Gasteiger partial charge in [0.15, 0.2) is 11.5 Å². The number of benzene rings is 2. The number of ether oxygens (including phenoxy) is 2. The van der Waals surface area contributed by atoms with Crippen molar-refractivity contribution >= 4 is 34.1 Å². The molecule has 0 spiro atoms. The second-order valence-electron chi connectivity index (χ2n) is 5.34. The number of nitrogens with zero attached hydrogens (tertiary/aromatic N) is 1. The zero-order valence-corrected chi connectivity index (χ0v) is 13.3. The van der Waals surface area contributed by atoms with Crippen LogP contribution in [0, 0.1) is 0 Å². The first-order chi connectivity index (χ1) is 11.7. The molecule has 1 aliphatic rings. The molecule has 120 valence electrons. The molecule has 6 heteroatoms. The van der Waals surface area contributed by atoms with Gasteiger partial charge in [0.1, 0.15) is 13.2 Å². The van der Waals surface area contributed by atoms with Gasteiger partial charge in [-0.2, -0.15) is 0 Å². The number of amides is 1. The molecule has 1 amide bonds. The van der Waals surface area contributed by atoms with E-state index in [1.807, 2.05) is 24.3 Å². The van der Waals surface area contributed by atoms with Crippen LogP contribution < -0.4 is 14.8 Å². The van der Waals surface area contributed by atoms with E-state index in [2.05, 4.69) is 10.3 Å². The van der Waals surface area contributed by atoms with E-state index in [1.165, 1.54) is 0 Å². The number of hydrogen-bond donors (Lipinski definition) is 1. The van der Waals surface area contributed by atoms with Gasteiger partial charge in [-0.25, -0.2) is 0 Å². The van der Waals surface area contributed by atoms with Gasteiger partial charge >= 0.3 is 0 Å². The summed E-state index contributed by atoms with van der Waals surface area (Å²) < 4.78 is 11.0. The lowest BCUT2D eigenvalue weighted by Crippen LogP contribution is -2.17. The molecule has 0 bridgehead atoms. The zero-order valence-electron chi connectivity index (χ0n) is 12.6. The highest BCUT2D eigenvalue weighted by Gasteiger charge is 2.19. The number of aromatic nitrogens is 1. The molecule has 5 nitrogen and oxygen atoms in total. The Morgan fingerprint density at radius 3 is 2.71 bits per heavy atom. The minimum absolute atomic E-state index is 0.305. The highest BCUT2D eigenvalue weighted by atomic mass is 35.5. The molecule has 1 aliphatic heterocycles. The summed E-state index contributed by atoms with van der Waals surface area (Å²) in [6.45, 7) is 0.924. The first kappa shape index (κ1) is 14.8. The Labute approximate surface area is 143 Å². The first-order valence-corrected chi connectivity index (χ1v) is 7.84. The quantitative estimate of drug-likeness (QED) is 0.768. The van der Waals surface area contributed by atoms with Crippen LogP contribution in [-0.2, 0) is 0 Å². The van der Waals surface area contributed by atoms with Gasteiger partial charge in [0.2, 0.25) is 0 Å². The summed E-state index contributed by atoms with van der Waals surface area (Å²) in [5.41, 5.74) is 1.88. The maximum atomic E-state index is 12.5. The summed E-state index contributed by atoms with van der Waals surface area (Å²) in [6, 6.07) is 12.5. The summed E-state index contributed by atoms with van der Waals surface area (Å²) in [5.74, 6) is 0.776. The van der Waals surface area contributed by atoms with E-state index in [9.17, 15) is 4.79 Å². The summed E-state index contributed by atoms with van der Waals surface area (Å²) >= 11 is 6.21. The normalized spacial score (nSPS) is 12.9. The van der Waals surface area contributed by atoms with E-state index in [0.29, 0.717) is 41.0 Å². The van der Waals surface area contributed by atoms with Crippen molar-refractivity contribution in [2.45, 2.75) is 0 Å². The standard InChI is InChI=1S/C18H13ClN2O3/c19-14-10-17-16(23-6-7-24-17)9-13(14)18(22)21-12-3-4-15-11(8-12)2-1-5-20-15/h1-5,8-10H,6-7H2,(H,21,22). The van der Waals surface area contributed by atoms with Crippen molar-refractivity contribution < 1.29 is 14.3 Å². The zero-order chi connectivity index (χ0) is 16.5. The number of fused-ring (bicyclic) bond motifs is 2. The average molecular weight is 341 g/mol. The largest absolute Gasteiger partial charge is 0.486 e. The van der Waals surface area contributed by atoms with Crippen molar-refractivity contribution in [1.29, 1.82) is 0 Å². The van der Waals surface area contributed by atoms with Gasteiger partial charge in [-0.3, -0.25) is 9.78 Å². The first-order valence-electron chi connectivity index (χ1n) is 7.46. The van der Waals surface area contributed by atoms with Crippen LogP contribution in [0.1, 0.15) is 10.4 Å². The number of hydrogen-bond acceptors (Lipinski definition) is 4. The second kappa shape index (κ2) is 6.02. The van der Waals surface area contributed by atoms with Crippen LogP contribution in [0.4, 0.5) is 5.69 Å². The highest BCUT2D eigenvalue weighted by molar-refractivity contribution is 6.34. The number of rotatable bonds is 2. The fraction of sp³-hybridized carbons (Fsp3) is 0.111. The van der Waals surface area contributed by atoms with Crippen LogP contribution >= 0.6 is 11.6 Å². The lowest BCUT2D eigenvalue weighted by atomic mass is 10.1. The molecule has 1 aromatic heterocycles. The fourth-order valence-electron chi connectivity index (χ4n) is 2.59. The highest BCUT2D eigenvalue weighted by Crippen LogP contribution is 2.35. The van der Waals surface area contributed by atoms with Crippen LogP contribution in [0.3, 0.4) is 0 Å². The molecule has 0 saturated carbocycles. The Hall–Kier alpha value is -2.79. The monoisotopic (exact) mass is 340 g/mol. The van der Waals surface area contributed by atoms with Crippen molar-refractivity contribution in [2.24, 2.45) is 0 Å². The van der Waals surface area contributed by atoms with Gasteiger partial charge in [0.05, 0.1) is 16.1 Å². The summed E-state index contributed by atoms with van der Waals surface area (Å²) in [4.78, 5) is 16.8. The van der Waals surface area contributed by atoms with E-state index in [0.717, 1.165) is 10.9 Å². The molecule has 0 unspecified atom stereocenters. The molecule has 4 rings (SSSR count). The van der Waals surface area contributed by atoms with Crippen molar-refractivity contribution in [2.75, 3.05) is 18.5 Å². The van der Waals surface area contributed by atoms with E-state index in [4.69, 9.17) is 21.1 Å². The van der Waals surface area contributed by atoms with Crippen LogP contribution in [0.5, 0.6) is 11.5 Å². The SMILES string of the molecule is O=C(Nc1ccc2ncccc2c1)c1cc2c(cc1Cl)OCCO2. The van der Waals surface area contributed by atoms with Crippen molar-refractivity contribution in [3.8, 4) is 11.5 Å². The molecule has 24 heavy (non-hydrogen) atoms. The number of nitrogens with one attached hydrogen (secondary N) is 1. The Morgan fingerprint density at radius 2 is 1.88 bits per heavy atom. The van der Waals surface area contributed by atoms with Gasteiger partial charge in [-0.1, -0.05) is 17.7 Å². The van der Waals surface area contributed by atoms with E-state index in [-0.39, 0.29) is 5.91 Å². The van der Waals surface area contributed by atoms with Gasteiger partial charge in [0.25, 0.3) is 5.91 Å². The summed E-state index contributed by atoms with van der Waals surface area (Å²) in [6.07, 6.45) is 1.73. The topological polar surface area (TPSA) is 60.5 Å². The third kappa shape index (κ3) is 2.74. The van der Waals surface area contributed by atoms with E-state index >= 15 is 0 Å². The molecule has 1 N–H and O–H groups in total. The third-order valence-electron chi connectivity index (χ3n) is 3.74. The molecule has 0 fully saturated rings. The van der Waals surface area contributed by atoms with Crippen LogP contribution in [0.15, 0.2) is 48.7 Å². The summed E-state index contributed by atoms with van der Waals surface area (Å²) in [7, 11) is 0. The number of halogens is 1. The number of anilines is 1. The van der Waals surface area contributed by atoms with Crippen LogP contribution in [0.2, 0.25) is 5.02 Å². The molecular formula is C18H13ClN2O3. The number of pyridine rings is 1. The second-order valence-corrected chi connectivity index (χ2v) is 5.75. The van der Waals surface area contributed by atoms with Crippen molar-refractivity contribution in [3.05, 3.63) is 59.2 Å². The Kier molecular flexibility index (Phi) is 3.70. The lowest BCUT2D eigenvalue weighted by Gasteiger charge is -2.19. The number of carbonyl (C=O) groups is 1. The van der Waals surface area contributed by atoms with Crippen LogP contribution in [0.25, 0.3) is 10.9 Å².